The summed E-state index contributed by atoms with van der Waals surface area (Å²) in [6, 6.07) is 6.67. The summed E-state index contributed by atoms with van der Waals surface area (Å²) < 4.78 is 6.17. The first-order valence-electron chi connectivity index (χ1n) is 4.51. The summed E-state index contributed by atoms with van der Waals surface area (Å²) in [7, 11) is 0. The van der Waals surface area contributed by atoms with Gasteiger partial charge in [-0.1, -0.05) is 17.7 Å². The fourth-order valence-corrected chi connectivity index (χ4v) is 1.80. The quantitative estimate of drug-likeness (QED) is 0.863. The molecule has 0 aromatic heterocycles. The minimum atomic E-state index is 0.521. The van der Waals surface area contributed by atoms with Crippen LogP contribution in [0.1, 0.15) is 5.56 Å². The molecule has 1 aromatic rings. The number of benzene rings is 1. The molecule has 76 valence electrons. The fraction of sp³-hybridized carbons (Fsp3) is 0.400. The first-order valence-corrected chi connectivity index (χ1v) is 5.96. The smallest absolute Gasteiger partial charge is 0.0643 e. The molecule has 1 fully saturated rings. The number of rotatable bonds is 3. The Kier molecular flexibility index (Phi) is 3.65. The van der Waals surface area contributed by atoms with Crippen LogP contribution in [0.25, 0.3) is 0 Å². The van der Waals surface area contributed by atoms with Gasteiger partial charge in [-0.25, -0.2) is 0 Å². The van der Waals surface area contributed by atoms with Crippen molar-refractivity contribution in [2.45, 2.75) is 12.6 Å². The standard InChI is InChI=1S/C10H11ClINO/c11-9-3-7(1-2-10(9)12)4-13-8-5-14-6-8/h1-3,8,13H,4-6H2. The average Bonchev–Trinajstić information content (AvgIpc) is 2.08. The van der Waals surface area contributed by atoms with E-state index in [4.69, 9.17) is 16.3 Å². The van der Waals surface area contributed by atoms with Crippen molar-refractivity contribution in [3.05, 3.63) is 32.4 Å². The molecule has 1 aliphatic heterocycles. The third-order valence-electron chi connectivity index (χ3n) is 2.22. The Morgan fingerprint density at radius 3 is 2.86 bits per heavy atom. The lowest BCUT2D eigenvalue weighted by Crippen LogP contribution is -2.45. The number of ether oxygens (including phenoxy) is 1. The minimum absolute atomic E-state index is 0.521. The Labute approximate surface area is 102 Å². The van der Waals surface area contributed by atoms with Crippen LogP contribution >= 0.6 is 34.2 Å². The van der Waals surface area contributed by atoms with E-state index in [1.165, 1.54) is 5.56 Å². The highest BCUT2D eigenvalue weighted by molar-refractivity contribution is 14.1. The van der Waals surface area contributed by atoms with E-state index in [1.54, 1.807) is 0 Å². The van der Waals surface area contributed by atoms with E-state index in [2.05, 4.69) is 34.0 Å². The molecule has 0 aliphatic carbocycles. The average molecular weight is 324 g/mol. The largest absolute Gasteiger partial charge is 0.378 e. The lowest BCUT2D eigenvalue weighted by Gasteiger charge is -2.27. The van der Waals surface area contributed by atoms with Crippen molar-refractivity contribution < 1.29 is 4.74 Å². The molecule has 2 rings (SSSR count). The van der Waals surface area contributed by atoms with Crippen molar-refractivity contribution in [3.63, 3.8) is 0 Å². The van der Waals surface area contributed by atoms with Gasteiger partial charge in [0.25, 0.3) is 0 Å². The summed E-state index contributed by atoms with van der Waals surface area (Å²) in [6.45, 7) is 2.53. The second kappa shape index (κ2) is 4.79. The molecule has 1 aromatic carbocycles. The van der Waals surface area contributed by atoms with Crippen LogP contribution in [-0.4, -0.2) is 19.3 Å². The summed E-state index contributed by atoms with van der Waals surface area (Å²) >= 11 is 8.25. The Hall–Kier alpha value is 0.160. The van der Waals surface area contributed by atoms with Crippen LogP contribution in [0, 0.1) is 3.57 Å². The van der Waals surface area contributed by atoms with Crippen molar-refractivity contribution in [2.75, 3.05) is 13.2 Å². The molecule has 0 amide bonds. The Balaban J connectivity index is 1.91. The lowest BCUT2D eigenvalue weighted by molar-refractivity contribution is -0.00578. The van der Waals surface area contributed by atoms with Gasteiger partial charge >= 0.3 is 0 Å². The van der Waals surface area contributed by atoms with Gasteiger partial charge in [0, 0.05) is 10.1 Å². The van der Waals surface area contributed by atoms with Gasteiger partial charge in [-0.05, 0) is 40.3 Å². The molecule has 0 unspecified atom stereocenters. The van der Waals surface area contributed by atoms with Gasteiger partial charge in [0.2, 0.25) is 0 Å². The van der Waals surface area contributed by atoms with Crippen molar-refractivity contribution in [3.8, 4) is 0 Å². The molecule has 1 saturated heterocycles. The van der Waals surface area contributed by atoms with Crippen LogP contribution in [0.2, 0.25) is 5.02 Å². The summed E-state index contributed by atoms with van der Waals surface area (Å²) in [4.78, 5) is 0. The highest BCUT2D eigenvalue weighted by atomic mass is 127. The molecule has 0 radical (unpaired) electrons. The molecular weight excluding hydrogens is 312 g/mol. The third kappa shape index (κ3) is 2.59. The Morgan fingerprint density at radius 1 is 1.50 bits per heavy atom. The predicted molar refractivity (Wildman–Crippen MR) is 65.6 cm³/mol. The van der Waals surface area contributed by atoms with Gasteiger partial charge in [0.05, 0.1) is 24.3 Å². The maximum atomic E-state index is 6.02. The number of hydrogen-bond donors (Lipinski definition) is 1. The first-order chi connectivity index (χ1) is 6.75. The lowest BCUT2D eigenvalue weighted by atomic mass is 10.2. The van der Waals surface area contributed by atoms with Crippen LogP contribution in [0.3, 0.4) is 0 Å². The molecule has 1 aliphatic rings. The van der Waals surface area contributed by atoms with Crippen LogP contribution in [-0.2, 0) is 11.3 Å². The van der Waals surface area contributed by atoms with E-state index < -0.39 is 0 Å². The van der Waals surface area contributed by atoms with Crippen LogP contribution in [0.5, 0.6) is 0 Å². The van der Waals surface area contributed by atoms with Crippen molar-refractivity contribution >= 4 is 34.2 Å². The molecule has 1 heterocycles. The maximum Gasteiger partial charge on any atom is 0.0643 e. The maximum absolute atomic E-state index is 6.02. The first kappa shape index (κ1) is 10.7. The van der Waals surface area contributed by atoms with Crippen LogP contribution in [0.15, 0.2) is 18.2 Å². The normalized spacial score (nSPS) is 16.7. The monoisotopic (exact) mass is 323 g/mol. The van der Waals surface area contributed by atoms with Gasteiger partial charge in [0.15, 0.2) is 0 Å². The van der Waals surface area contributed by atoms with E-state index >= 15 is 0 Å². The molecule has 14 heavy (non-hydrogen) atoms. The van der Waals surface area contributed by atoms with E-state index in [-0.39, 0.29) is 0 Å². The number of hydrogen-bond acceptors (Lipinski definition) is 2. The van der Waals surface area contributed by atoms with Crippen LogP contribution in [0.4, 0.5) is 0 Å². The SMILES string of the molecule is Clc1cc(CNC2COC2)ccc1I. The van der Waals surface area contributed by atoms with Gasteiger partial charge in [-0.3, -0.25) is 0 Å². The third-order valence-corrected chi connectivity index (χ3v) is 3.79. The van der Waals surface area contributed by atoms with Crippen molar-refractivity contribution in [2.24, 2.45) is 0 Å². The topological polar surface area (TPSA) is 21.3 Å². The molecule has 1 N–H and O–H groups in total. The van der Waals surface area contributed by atoms with E-state index in [0.29, 0.717) is 6.04 Å². The Bertz CT molecular complexity index is 328. The van der Waals surface area contributed by atoms with Crippen molar-refractivity contribution in [1.29, 1.82) is 0 Å². The van der Waals surface area contributed by atoms with E-state index in [0.717, 1.165) is 28.4 Å². The molecule has 4 heteroatoms. The minimum Gasteiger partial charge on any atom is -0.378 e. The number of halogens is 2. The van der Waals surface area contributed by atoms with Gasteiger partial charge in [0.1, 0.15) is 0 Å². The molecule has 0 atom stereocenters. The molecule has 0 spiro atoms. The zero-order valence-corrected chi connectivity index (χ0v) is 10.5. The van der Waals surface area contributed by atoms with E-state index in [9.17, 15) is 0 Å². The summed E-state index contributed by atoms with van der Waals surface area (Å²) in [5, 5.41) is 4.22. The predicted octanol–water partition coefficient (Wildman–Crippen LogP) is 2.43. The van der Waals surface area contributed by atoms with Crippen LogP contribution < -0.4 is 5.32 Å². The summed E-state index contributed by atoms with van der Waals surface area (Å²) in [6.07, 6.45) is 0. The molecule has 2 nitrogen and oxygen atoms in total. The number of nitrogens with one attached hydrogen (secondary N) is 1. The second-order valence-corrected chi connectivity index (χ2v) is 4.93. The van der Waals surface area contributed by atoms with E-state index in [1.807, 2.05) is 12.1 Å². The molecule has 0 bridgehead atoms. The van der Waals surface area contributed by atoms with Crippen molar-refractivity contribution in [1.82, 2.24) is 5.32 Å². The second-order valence-electron chi connectivity index (χ2n) is 3.36. The van der Waals surface area contributed by atoms with Gasteiger partial charge < -0.3 is 10.1 Å². The zero-order valence-electron chi connectivity index (χ0n) is 7.59. The molecule has 0 saturated carbocycles. The Morgan fingerprint density at radius 2 is 2.29 bits per heavy atom. The zero-order chi connectivity index (χ0) is 9.97. The summed E-state index contributed by atoms with van der Waals surface area (Å²) in [5.41, 5.74) is 1.22. The molecular formula is C10H11ClINO. The highest BCUT2D eigenvalue weighted by Crippen LogP contribution is 2.19. The highest BCUT2D eigenvalue weighted by Gasteiger charge is 2.16. The summed E-state index contributed by atoms with van der Waals surface area (Å²) in [5.74, 6) is 0. The van der Waals surface area contributed by atoms with Gasteiger partial charge in [-0.15, -0.1) is 0 Å². The van der Waals surface area contributed by atoms with Gasteiger partial charge in [-0.2, -0.15) is 0 Å². The fourth-order valence-electron chi connectivity index (χ4n) is 1.27.